The molecule has 0 aliphatic carbocycles. The molecule has 0 aromatic carbocycles. The first-order valence-corrected chi connectivity index (χ1v) is 9.66. The Balaban J connectivity index is 3.57. The third-order valence-electron chi connectivity index (χ3n) is 2.43. The summed E-state index contributed by atoms with van der Waals surface area (Å²) >= 11 is 0. The highest BCUT2D eigenvalue weighted by Crippen LogP contribution is 1.99. The summed E-state index contributed by atoms with van der Waals surface area (Å²) in [6.45, 7) is 5.26. The highest BCUT2D eigenvalue weighted by molar-refractivity contribution is 7.92. The lowest BCUT2D eigenvalue weighted by molar-refractivity contribution is 0.509. The fourth-order valence-corrected chi connectivity index (χ4v) is 4.04. The third-order valence-corrected chi connectivity index (χ3v) is 5.04. The van der Waals surface area contributed by atoms with Crippen LogP contribution in [0.25, 0.3) is 0 Å². The zero-order valence-electron chi connectivity index (χ0n) is 11.1. The van der Waals surface area contributed by atoms with E-state index in [0.717, 1.165) is 25.8 Å². The van der Waals surface area contributed by atoms with Gasteiger partial charge in [-0.25, -0.2) is 8.42 Å². The normalized spacial score (nSPS) is 15.7. The first-order chi connectivity index (χ1) is 7.85. The maximum atomic E-state index is 11.5. The second kappa shape index (κ2) is 9.05. The van der Waals surface area contributed by atoms with Crippen molar-refractivity contribution in [2.24, 2.45) is 0 Å². The molecule has 104 valence electrons. The summed E-state index contributed by atoms with van der Waals surface area (Å²) in [6.07, 6.45) is 4.17. The average Bonchev–Trinajstić information content (AvgIpc) is 2.22. The van der Waals surface area contributed by atoms with Crippen LogP contribution in [0.5, 0.6) is 0 Å². The molecule has 0 aromatic heterocycles. The van der Waals surface area contributed by atoms with Crippen LogP contribution >= 0.6 is 0 Å². The summed E-state index contributed by atoms with van der Waals surface area (Å²) in [4.78, 5) is 0. The number of hydrogen-bond donors (Lipinski definition) is 1. The molecule has 2 atom stereocenters. The van der Waals surface area contributed by atoms with Gasteiger partial charge in [-0.15, -0.1) is 0 Å². The van der Waals surface area contributed by atoms with Crippen LogP contribution < -0.4 is 5.32 Å². The summed E-state index contributed by atoms with van der Waals surface area (Å²) in [6, 6.07) is 0.446. The van der Waals surface area contributed by atoms with Gasteiger partial charge in [0.15, 0.2) is 0 Å². The Morgan fingerprint density at radius 3 is 2.47 bits per heavy atom. The van der Waals surface area contributed by atoms with Gasteiger partial charge in [0.25, 0.3) is 0 Å². The molecule has 0 radical (unpaired) electrons. The molecule has 1 N–H and O–H groups in total. The SMILES string of the molecule is CCCNC(C)CCCS(=O)CCS(C)(=O)=O. The molecule has 0 aromatic rings. The van der Waals surface area contributed by atoms with Crippen molar-refractivity contribution in [2.45, 2.75) is 39.2 Å². The van der Waals surface area contributed by atoms with Gasteiger partial charge in [0.2, 0.25) is 0 Å². The van der Waals surface area contributed by atoms with Gasteiger partial charge < -0.3 is 5.32 Å². The molecule has 4 nitrogen and oxygen atoms in total. The molecular formula is C11H25NO3S2. The highest BCUT2D eigenvalue weighted by Gasteiger charge is 2.07. The molecule has 0 saturated carbocycles. The summed E-state index contributed by atoms with van der Waals surface area (Å²) in [5.74, 6) is 0.909. The minimum absolute atomic E-state index is 0.0310. The Morgan fingerprint density at radius 1 is 1.29 bits per heavy atom. The van der Waals surface area contributed by atoms with Crippen LogP contribution in [-0.4, -0.2) is 48.7 Å². The lowest BCUT2D eigenvalue weighted by Gasteiger charge is -2.12. The number of nitrogens with one attached hydrogen (secondary N) is 1. The van der Waals surface area contributed by atoms with Crippen LogP contribution in [0.2, 0.25) is 0 Å². The van der Waals surface area contributed by atoms with E-state index in [2.05, 4.69) is 19.2 Å². The molecule has 0 aliphatic rings. The molecule has 0 fully saturated rings. The molecule has 2 unspecified atom stereocenters. The molecule has 0 bridgehead atoms. The van der Waals surface area contributed by atoms with Crippen LogP contribution in [-0.2, 0) is 20.6 Å². The van der Waals surface area contributed by atoms with E-state index in [1.807, 2.05) is 0 Å². The monoisotopic (exact) mass is 283 g/mol. The van der Waals surface area contributed by atoms with Crippen molar-refractivity contribution >= 4 is 20.6 Å². The summed E-state index contributed by atoms with van der Waals surface area (Å²) in [5, 5.41) is 3.37. The molecule has 0 rings (SSSR count). The van der Waals surface area contributed by atoms with Crippen molar-refractivity contribution in [1.29, 1.82) is 0 Å². The summed E-state index contributed by atoms with van der Waals surface area (Å²) in [7, 11) is -3.97. The first-order valence-electron chi connectivity index (χ1n) is 6.11. The van der Waals surface area contributed by atoms with Gasteiger partial charge >= 0.3 is 0 Å². The molecule has 0 amide bonds. The zero-order valence-corrected chi connectivity index (χ0v) is 12.7. The summed E-state index contributed by atoms with van der Waals surface area (Å²) in [5.41, 5.74) is 0. The van der Waals surface area contributed by atoms with Gasteiger partial charge in [0.05, 0.1) is 5.75 Å². The molecule has 6 heteroatoms. The summed E-state index contributed by atoms with van der Waals surface area (Å²) < 4.78 is 33.3. The van der Waals surface area contributed by atoms with Crippen LogP contribution in [0.3, 0.4) is 0 Å². The Bertz CT molecular complexity index is 315. The van der Waals surface area contributed by atoms with Crippen LogP contribution in [0.4, 0.5) is 0 Å². The van der Waals surface area contributed by atoms with Gasteiger partial charge in [0, 0.05) is 34.6 Å². The van der Waals surface area contributed by atoms with E-state index < -0.39 is 20.6 Å². The molecular weight excluding hydrogens is 258 g/mol. The first kappa shape index (κ1) is 17.1. The maximum Gasteiger partial charge on any atom is 0.148 e. The fourth-order valence-electron chi connectivity index (χ4n) is 1.39. The number of rotatable bonds is 10. The van der Waals surface area contributed by atoms with E-state index in [1.165, 1.54) is 6.26 Å². The van der Waals surface area contributed by atoms with Crippen molar-refractivity contribution in [2.75, 3.05) is 30.1 Å². The lowest BCUT2D eigenvalue weighted by atomic mass is 10.2. The van der Waals surface area contributed by atoms with Gasteiger partial charge in [-0.1, -0.05) is 6.92 Å². The van der Waals surface area contributed by atoms with Crippen molar-refractivity contribution in [3.8, 4) is 0 Å². The Hall–Kier alpha value is 0.0600. The molecule has 0 aliphatic heterocycles. The van der Waals surface area contributed by atoms with E-state index >= 15 is 0 Å². The Morgan fingerprint density at radius 2 is 1.94 bits per heavy atom. The highest BCUT2D eigenvalue weighted by atomic mass is 32.2. The number of sulfone groups is 1. The van der Waals surface area contributed by atoms with Gasteiger partial charge in [-0.05, 0) is 32.7 Å². The Labute approximate surface area is 108 Å². The fraction of sp³-hybridized carbons (Fsp3) is 1.00. The zero-order chi connectivity index (χ0) is 13.3. The molecule has 0 saturated heterocycles. The van der Waals surface area contributed by atoms with Gasteiger partial charge in [-0.3, -0.25) is 4.21 Å². The second-order valence-corrected chi connectivity index (χ2v) is 8.43. The lowest BCUT2D eigenvalue weighted by Crippen LogP contribution is -2.27. The Kier molecular flexibility index (Phi) is 9.08. The van der Waals surface area contributed by atoms with E-state index in [9.17, 15) is 12.6 Å². The van der Waals surface area contributed by atoms with Crippen molar-refractivity contribution in [1.82, 2.24) is 5.32 Å². The van der Waals surface area contributed by atoms with Gasteiger partial charge in [-0.2, -0.15) is 0 Å². The van der Waals surface area contributed by atoms with E-state index in [1.54, 1.807) is 0 Å². The van der Waals surface area contributed by atoms with Crippen molar-refractivity contribution in [3.05, 3.63) is 0 Å². The topological polar surface area (TPSA) is 63.2 Å². The quantitative estimate of drug-likeness (QED) is 0.648. The van der Waals surface area contributed by atoms with E-state index in [4.69, 9.17) is 0 Å². The smallest absolute Gasteiger partial charge is 0.148 e. The minimum atomic E-state index is -2.98. The molecule has 0 spiro atoms. The molecule has 0 heterocycles. The van der Waals surface area contributed by atoms with Crippen LogP contribution in [0, 0.1) is 0 Å². The molecule has 17 heavy (non-hydrogen) atoms. The minimum Gasteiger partial charge on any atom is -0.314 e. The van der Waals surface area contributed by atoms with Crippen LogP contribution in [0.1, 0.15) is 33.1 Å². The third kappa shape index (κ3) is 12.3. The standard InChI is InChI=1S/C11H25NO3S2/c1-4-7-12-11(2)6-5-8-16(13)9-10-17(3,14)15/h11-12H,4-10H2,1-3H3. The average molecular weight is 283 g/mol. The van der Waals surface area contributed by atoms with Crippen molar-refractivity contribution < 1.29 is 12.6 Å². The largest absolute Gasteiger partial charge is 0.314 e. The van der Waals surface area contributed by atoms with E-state index in [-0.39, 0.29) is 11.5 Å². The number of hydrogen-bond acceptors (Lipinski definition) is 4. The van der Waals surface area contributed by atoms with E-state index in [0.29, 0.717) is 11.8 Å². The van der Waals surface area contributed by atoms with Gasteiger partial charge in [0.1, 0.15) is 9.84 Å². The predicted octanol–water partition coefficient (Wildman–Crippen LogP) is 0.948. The second-order valence-electron chi connectivity index (χ2n) is 4.48. The predicted molar refractivity (Wildman–Crippen MR) is 74.6 cm³/mol. The maximum absolute atomic E-state index is 11.5. The van der Waals surface area contributed by atoms with Crippen LogP contribution in [0.15, 0.2) is 0 Å². The van der Waals surface area contributed by atoms with Crippen molar-refractivity contribution in [3.63, 3.8) is 0 Å².